The summed E-state index contributed by atoms with van der Waals surface area (Å²) in [5, 5.41) is 0. The van der Waals surface area contributed by atoms with Gasteiger partial charge in [-0.05, 0) is 36.5 Å². The first-order chi connectivity index (χ1) is 6.84. The van der Waals surface area contributed by atoms with E-state index in [1.165, 1.54) is 12.8 Å². The maximum absolute atomic E-state index is 6.10. The van der Waals surface area contributed by atoms with E-state index in [2.05, 4.69) is 0 Å². The van der Waals surface area contributed by atoms with E-state index in [1.807, 2.05) is 18.2 Å². The highest BCUT2D eigenvalue weighted by Crippen LogP contribution is 2.42. The third kappa shape index (κ3) is 1.24. The molecule has 1 unspecified atom stereocenters. The molecule has 2 N–H and O–H groups in total. The fourth-order valence-electron chi connectivity index (χ4n) is 1.85. The van der Waals surface area contributed by atoms with Gasteiger partial charge in [0.1, 0.15) is 0 Å². The lowest BCUT2D eigenvalue weighted by Crippen LogP contribution is -2.11. The Labute approximate surface area is 82.8 Å². The van der Waals surface area contributed by atoms with Crippen LogP contribution in [0.1, 0.15) is 24.4 Å². The quantitative estimate of drug-likeness (QED) is 0.775. The van der Waals surface area contributed by atoms with Gasteiger partial charge in [0.25, 0.3) is 0 Å². The van der Waals surface area contributed by atoms with Crippen LogP contribution in [0.15, 0.2) is 18.2 Å². The minimum atomic E-state index is 0.171. The van der Waals surface area contributed by atoms with Crippen molar-refractivity contribution in [2.45, 2.75) is 18.9 Å². The zero-order chi connectivity index (χ0) is 9.54. The maximum Gasteiger partial charge on any atom is 0.231 e. The molecule has 14 heavy (non-hydrogen) atoms. The first-order valence-electron chi connectivity index (χ1n) is 5.00. The normalized spacial score (nSPS) is 20.9. The van der Waals surface area contributed by atoms with Crippen LogP contribution in [0.5, 0.6) is 11.5 Å². The van der Waals surface area contributed by atoms with E-state index in [9.17, 15) is 0 Å². The number of rotatable bonds is 2. The van der Waals surface area contributed by atoms with Gasteiger partial charge in [0, 0.05) is 6.04 Å². The topological polar surface area (TPSA) is 44.5 Å². The average molecular weight is 191 g/mol. The summed E-state index contributed by atoms with van der Waals surface area (Å²) < 4.78 is 10.6. The molecule has 1 saturated carbocycles. The van der Waals surface area contributed by atoms with Gasteiger partial charge in [0.15, 0.2) is 11.5 Å². The molecule has 0 amide bonds. The molecule has 0 radical (unpaired) electrons. The molecular weight excluding hydrogens is 178 g/mol. The number of benzene rings is 1. The van der Waals surface area contributed by atoms with Crippen molar-refractivity contribution in [1.82, 2.24) is 0 Å². The summed E-state index contributed by atoms with van der Waals surface area (Å²) in [5.74, 6) is 2.34. The van der Waals surface area contributed by atoms with Crippen LogP contribution in [-0.4, -0.2) is 6.79 Å². The summed E-state index contributed by atoms with van der Waals surface area (Å²) >= 11 is 0. The summed E-state index contributed by atoms with van der Waals surface area (Å²) in [7, 11) is 0. The first-order valence-corrected chi connectivity index (χ1v) is 5.00. The van der Waals surface area contributed by atoms with Crippen LogP contribution >= 0.6 is 0 Å². The van der Waals surface area contributed by atoms with E-state index < -0.39 is 0 Å². The molecule has 1 heterocycles. The molecule has 0 saturated heterocycles. The Kier molecular flexibility index (Phi) is 1.67. The van der Waals surface area contributed by atoms with E-state index in [0.717, 1.165) is 17.1 Å². The average Bonchev–Trinajstić information content (AvgIpc) is 2.95. The van der Waals surface area contributed by atoms with Gasteiger partial charge in [0.05, 0.1) is 0 Å². The standard InChI is InChI=1S/C11H13NO2/c12-11(7-1-2-7)8-3-4-9-10(5-8)14-6-13-9/h3-5,7,11H,1-2,6,12H2. The Balaban J connectivity index is 1.91. The fourth-order valence-corrected chi connectivity index (χ4v) is 1.85. The Bertz CT molecular complexity index is 360. The second-order valence-electron chi connectivity index (χ2n) is 3.98. The van der Waals surface area contributed by atoms with Crippen LogP contribution in [0.4, 0.5) is 0 Å². The second-order valence-corrected chi connectivity index (χ2v) is 3.98. The molecule has 1 aromatic rings. The predicted octanol–water partition coefficient (Wildman–Crippen LogP) is 1.83. The lowest BCUT2D eigenvalue weighted by atomic mass is 10.0. The van der Waals surface area contributed by atoms with Crippen molar-refractivity contribution in [3.63, 3.8) is 0 Å². The van der Waals surface area contributed by atoms with Crippen molar-refractivity contribution < 1.29 is 9.47 Å². The van der Waals surface area contributed by atoms with Crippen molar-refractivity contribution in [3.8, 4) is 11.5 Å². The Morgan fingerprint density at radius 3 is 2.79 bits per heavy atom. The maximum atomic E-state index is 6.10. The highest BCUT2D eigenvalue weighted by Gasteiger charge is 2.30. The van der Waals surface area contributed by atoms with Crippen molar-refractivity contribution in [1.29, 1.82) is 0 Å². The Morgan fingerprint density at radius 1 is 1.21 bits per heavy atom. The second kappa shape index (κ2) is 2.89. The van der Waals surface area contributed by atoms with Crippen LogP contribution in [0.3, 0.4) is 0 Å². The number of nitrogens with two attached hydrogens (primary N) is 1. The zero-order valence-electron chi connectivity index (χ0n) is 7.90. The molecule has 74 valence electrons. The molecule has 3 nitrogen and oxygen atoms in total. The van der Waals surface area contributed by atoms with Gasteiger partial charge in [-0.25, -0.2) is 0 Å². The molecule has 1 atom stereocenters. The van der Waals surface area contributed by atoms with Crippen LogP contribution in [0.2, 0.25) is 0 Å². The van der Waals surface area contributed by atoms with E-state index >= 15 is 0 Å². The highest BCUT2D eigenvalue weighted by atomic mass is 16.7. The van der Waals surface area contributed by atoms with E-state index in [0.29, 0.717) is 12.7 Å². The number of ether oxygens (including phenoxy) is 2. The Morgan fingerprint density at radius 2 is 2.00 bits per heavy atom. The summed E-state index contributed by atoms with van der Waals surface area (Å²) in [6.07, 6.45) is 2.52. The fraction of sp³-hybridized carbons (Fsp3) is 0.455. The Hall–Kier alpha value is -1.22. The largest absolute Gasteiger partial charge is 0.454 e. The van der Waals surface area contributed by atoms with Gasteiger partial charge in [-0.1, -0.05) is 6.07 Å². The van der Waals surface area contributed by atoms with Crippen LogP contribution in [-0.2, 0) is 0 Å². The van der Waals surface area contributed by atoms with E-state index in [-0.39, 0.29) is 6.04 Å². The minimum Gasteiger partial charge on any atom is -0.454 e. The van der Waals surface area contributed by atoms with Gasteiger partial charge in [-0.2, -0.15) is 0 Å². The van der Waals surface area contributed by atoms with Crippen molar-refractivity contribution >= 4 is 0 Å². The number of fused-ring (bicyclic) bond motifs is 1. The van der Waals surface area contributed by atoms with E-state index in [1.54, 1.807) is 0 Å². The molecule has 1 aliphatic heterocycles. The lowest BCUT2D eigenvalue weighted by Gasteiger charge is -2.10. The van der Waals surface area contributed by atoms with Crippen molar-refractivity contribution in [3.05, 3.63) is 23.8 Å². The minimum absolute atomic E-state index is 0.171. The summed E-state index contributed by atoms with van der Waals surface area (Å²) in [6, 6.07) is 6.16. The molecule has 1 aliphatic carbocycles. The molecule has 3 heteroatoms. The van der Waals surface area contributed by atoms with Gasteiger partial charge < -0.3 is 15.2 Å². The lowest BCUT2D eigenvalue weighted by molar-refractivity contribution is 0.174. The number of hydrogen-bond donors (Lipinski definition) is 1. The first kappa shape index (κ1) is 8.12. The molecule has 0 aromatic heterocycles. The highest BCUT2D eigenvalue weighted by molar-refractivity contribution is 5.45. The van der Waals surface area contributed by atoms with E-state index in [4.69, 9.17) is 15.2 Å². The SMILES string of the molecule is NC(c1ccc2c(c1)OCO2)C1CC1. The van der Waals surface area contributed by atoms with Gasteiger partial charge in [0.2, 0.25) is 6.79 Å². The van der Waals surface area contributed by atoms with Gasteiger partial charge in [-0.15, -0.1) is 0 Å². The molecule has 3 rings (SSSR count). The third-order valence-electron chi connectivity index (χ3n) is 2.91. The monoisotopic (exact) mass is 191 g/mol. The molecule has 2 aliphatic rings. The zero-order valence-corrected chi connectivity index (χ0v) is 7.90. The molecular formula is C11H13NO2. The molecule has 0 spiro atoms. The van der Waals surface area contributed by atoms with Gasteiger partial charge >= 0.3 is 0 Å². The summed E-state index contributed by atoms with van der Waals surface area (Å²) in [5.41, 5.74) is 7.26. The summed E-state index contributed by atoms with van der Waals surface area (Å²) in [4.78, 5) is 0. The predicted molar refractivity (Wildman–Crippen MR) is 52.2 cm³/mol. The molecule has 1 aromatic carbocycles. The van der Waals surface area contributed by atoms with Crippen LogP contribution < -0.4 is 15.2 Å². The summed E-state index contributed by atoms with van der Waals surface area (Å²) in [6.45, 7) is 0.331. The molecule has 1 fully saturated rings. The van der Waals surface area contributed by atoms with Crippen LogP contribution in [0, 0.1) is 5.92 Å². The molecule has 0 bridgehead atoms. The third-order valence-corrected chi connectivity index (χ3v) is 2.91. The van der Waals surface area contributed by atoms with Crippen LogP contribution in [0.25, 0.3) is 0 Å². The number of hydrogen-bond acceptors (Lipinski definition) is 3. The van der Waals surface area contributed by atoms with Crippen molar-refractivity contribution in [2.75, 3.05) is 6.79 Å². The van der Waals surface area contributed by atoms with Gasteiger partial charge in [-0.3, -0.25) is 0 Å². The smallest absolute Gasteiger partial charge is 0.231 e. The van der Waals surface area contributed by atoms with Crippen molar-refractivity contribution in [2.24, 2.45) is 11.7 Å².